The van der Waals surface area contributed by atoms with E-state index in [1.165, 1.54) is 0 Å². The summed E-state index contributed by atoms with van der Waals surface area (Å²) in [6.45, 7) is 3.44. The van der Waals surface area contributed by atoms with Gasteiger partial charge in [-0.25, -0.2) is 20.1 Å². The highest BCUT2D eigenvalue weighted by Crippen LogP contribution is 2.22. The molecule has 0 bridgehead atoms. The second-order valence-corrected chi connectivity index (χ2v) is 8.18. The Bertz CT molecular complexity index is 1530. The van der Waals surface area contributed by atoms with Gasteiger partial charge in [0.2, 0.25) is 5.88 Å². The topological polar surface area (TPSA) is 94.3 Å². The minimum Gasteiger partial charge on any atom is -0.463 e. The van der Waals surface area contributed by atoms with Crippen LogP contribution in [-0.4, -0.2) is 38.0 Å². The van der Waals surface area contributed by atoms with Gasteiger partial charge in [0.05, 0.1) is 22.9 Å². The van der Waals surface area contributed by atoms with E-state index in [-0.39, 0.29) is 0 Å². The van der Waals surface area contributed by atoms with Crippen LogP contribution in [0.2, 0.25) is 0 Å². The van der Waals surface area contributed by atoms with Crippen molar-refractivity contribution in [3.8, 4) is 22.8 Å². The Morgan fingerprint density at radius 1 is 0.944 bits per heavy atom. The Morgan fingerprint density at radius 2 is 1.58 bits per heavy atom. The number of benzene rings is 3. The summed E-state index contributed by atoms with van der Waals surface area (Å²) in [4.78, 5) is 21.7. The molecule has 2 heterocycles. The van der Waals surface area contributed by atoms with Crippen LogP contribution in [0.5, 0.6) is 5.88 Å². The molecule has 178 valence electrons. The molecule has 0 saturated heterocycles. The number of nitrogens with one attached hydrogen (secondary N) is 1. The van der Waals surface area contributed by atoms with Gasteiger partial charge in [0, 0.05) is 17.3 Å². The molecule has 1 N–H and O–H groups in total. The minimum absolute atomic E-state index is 0.316. The summed E-state index contributed by atoms with van der Waals surface area (Å²) in [5, 5.41) is 8.92. The van der Waals surface area contributed by atoms with Gasteiger partial charge in [-0.15, -0.1) is 0 Å². The molecule has 8 nitrogen and oxygen atoms in total. The van der Waals surface area contributed by atoms with Crippen molar-refractivity contribution in [2.24, 2.45) is 5.10 Å². The first-order valence-corrected chi connectivity index (χ1v) is 11.5. The number of para-hydroxylation sites is 3. The summed E-state index contributed by atoms with van der Waals surface area (Å²) >= 11 is 0. The lowest BCUT2D eigenvalue weighted by Crippen LogP contribution is -2.33. The number of amides is 1. The van der Waals surface area contributed by atoms with Crippen molar-refractivity contribution >= 4 is 23.2 Å². The van der Waals surface area contributed by atoms with Gasteiger partial charge >= 0.3 is 0 Å². The zero-order valence-electron chi connectivity index (χ0n) is 19.9. The molecular formula is C28H24N6O2. The number of ether oxygens (including phenoxy) is 1. The molecule has 8 heteroatoms. The maximum Gasteiger partial charge on any atom is 0.280 e. The third-order valence-corrected chi connectivity index (χ3v) is 5.55. The third-order valence-electron chi connectivity index (χ3n) is 5.55. The number of hydrazone groups is 1. The van der Waals surface area contributed by atoms with E-state index in [0.29, 0.717) is 17.1 Å². The predicted octanol–water partition coefficient (Wildman–Crippen LogP) is 4.71. The summed E-state index contributed by atoms with van der Waals surface area (Å²) < 4.78 is 7.59. The third kappa shape index (κ3) is 4.97. The van der Waals surface area contributed by atoms with Gasteiger partial charge in [-0.2, -0.15) is 10.2 Å². The second-order valence-electron chi connectivity index (χ2n) is 8.18. The minimum atomic E-state index is -0.822. The monoisotopic (exact) mass is 476 g/mol. The van der Waals surface area contributed by atoms with E-state index in [9.17, 15) is 4.79 Å². The Morgan fingerprint density at radius 3 is 2.31 bits per heavy atom. The van der Waals surface area contributed by atoms with Crippen molar-refractivity contribution in [2.45, 2.75) is 20.0 Å². The van der Waals surface area contributed by atoms with Crippen LogP contribution in [0, 0.1) is 6.92 Å². The zero-order valence-corrected chi connectivity index (χ0v) is 19.9. The van der Waals surface area contributed by atoms with Crippen molar-refractivity contribution in [3.63, 3.8) is 0 Å². The standard InChI is InChI=1S/C28H24N6O2/c1-19-28(31-25-16-10-9-15-24(25)30-19)36-20(2)27(35)32-29-17-22-18-34(23-13-7-4-8-14-23)33-26(22)21-11-5-3-6-12-21/h3-18,20H,1-2H3,(H,32,35). The van der Waals surface area contributed by atoms with E-state index >= 15 is 0 Å². The van der Waals surface area contributed by atoms with Crippen LogP contribution in [0.3, 0.4) is 0 Å². The maximum absolute atomic E-state index is 12.7. The summed E-state index contributed by atoms with van der Waals surface area (Å²) in [5.74, 6) is -0.0897. The van der Waals surface area contributed by atoms with E-state index in [1.54, 1.807) is 24.7 Å². The number of aromatic nitrogens is 4. The van der Waals surface area contributed by atoms with Crippen LogP contribution in [0.1, 0.15) is 18.2 Å². The fourth-order valence-electron chi connectivity index (χ4n) is 3.68. The molecule has 0 aliphatic carbocycles. The molecule has 0 radical (unpaired) electrons. The van der Waals surface area contributed by atoms with Crippen LogP contribution >= 0.6 is 0 Å². The quantitative estimate of drug-likeness (QED) is 0.271. The van der Waals surface area contributed by atoms with Crippen LogP contribution in [0.4, 0.5) is 0 Å². The maximum atomic E-state index is 12.7. The highest BCUT2D eigenvalue weighted by molar-refractivity contribution is 5.90. The Balaban J connectivity index is 1.32. The van der Waals surface area contributed by atoms with Crippen molar-refractivity contribution in [3.05, 3.63) is 102 Å². The normalized spacial score (nSPS) is 12.1. The molecule has 1 atom stereocenters. The number of carbonyl (C=O) groups is 1. The van der Waals surface area contributed by atoms with Gasteiger partial charge in [0.25, 0.3) is 5.91 Å². The average Bonchev–Trinajstić information content (AvgIpc) is 3.34. The molecule has 2 aromatic heterocycles. The van der Waals surface area contributed by atoms with E-state index in [1.807, 2.05) is 91.1 Å². The number of hydrogen-bond donors (Lipinski definition) is 1. The first-order chi connectivity index (χ1) is 17.6. The van der Waals surface area contributed by atoms with Gasteiger partial charge in [0.1, 0.15) is 11.4 Å². The fourth-order valence-corrected chi connectivity index (χ4v) is 3.68. The Hall–Kier alpha value is -4.85. The first kappa shape index (κ1) is 22.9. The first-order valence-electron chi connectivity index (χ1n) is 11.5. The summed E-state index contributed by atoms with van der Waals surface area (Å²) in [7, 11) is 0. The number of nitrogens with zero attached hydrogens (tertiary/aromatic N) is 5. The molecule has 1 unspecified atom stereocenters. The van der Waals surface area contributed by atoms with Crippen molar-refractivity contribution in [1.82, 2.24) is 25.2 Å². The summed E-state index contributed by atoms with van der Waals surface area (Å²) in [5.41, 5.74) is 8.02. The molecule has 5 rings (SSSR count). The lowest BCUT2D eigenvalue weighted by Gasteiger charge is -2.14. The van der Waals surface area contributed by atoms with Crippen molar-refractivity contribution in [1.29, 1.82) is 0 Å². The molecule has 0 fully saturated rings. The molecule has 0 aliphatic rings. The lowest BCUT2D eigenvalue weighted by molar-refractivity contribution is -0.127. The number of hydrogen-bond acceptors (Lipinski definition) is 6. The van der Waals surface area contributed by atoms with E-state index in [0.717, 1.165) is 28.0 Å². The van der Waals surface area contributed by atoms with Gasteiger partial charge in [-0.05, 0) is 38.1 Å². The fraction of sp³-hybridized carbons (Fsp3) is 0.107. The lowest BCUT2D eigenvalue weighted by atomic mass is 10.1. The van der Waals surface area contributed by atoms with E-state index in [4.69, 9.17) is 9.84 Å². The molecule has 0 spiro atoms. The van der Waals surface area contributed by atoms with Crippen molar-refractivity contribution < 1.29 is 9.53 Å². The molecule has 0 aliphatic heterocycles. The van der Waals surface area contributed by atoms with Crippen LogP contribution in [0.15, 0.2) is 96.2 Å². The van der Waals surface area contributed by atoms with Crippen LogP contribution in [-0.2, 0) is 4.79 Å². The molecule has 5 aromatic rings. The predicted molar refractivity (Wildman–Crippen MR) is 139 cm³/mol. The summed E-state index contributed by atoms with van der Waals surface area (Å²) in [6.07, 6.45) is 2.64. The Kier molecular flexibility index (Phi) is 6.48. The molecule has 36 heavy (non-hydrogen) atoms. The summed E-state index contributed by atoms with van der Waals surface area (Å²) in [6, 6.07) is 27.2. The average molecular weight is 477 g/mol. The van der Waals surface area contributed by atoms with Crippen LogP contribution in [0.25, 0.3) is 28.0 Å². The number of rotatable bonds is 7. The molecule has 0 saturated carbocycles. The smallest absolute Gasteiger partial charge is 0.280 e. The van der Waals surface area contributed by atoms with Gasteiger partial charge in [-0.3, -0.25) is 4.79 Å². The number of fused-ring (bicyclic) bond motifs is 1. The molecule has 3 aromatic carbocycles. The Labute approximate surface area is 208 Å². The highest BCUT2D eigenvalue weighted by Gasteiger charge is 2.17. The number of carbonyl (C=O) groups excluding carboxylic acids is 1. The zero-order chi connectivity index (χ0) is 24.9. The largest absolute Gasteiger partial charge is 0.463 e. The van der Waals surface area contributed by atoms with Crippen LogP contribution < -0.4 is 10.2 Å². The SMILES string of the molecule is Cc1nc2ccccc2nc1OC(C)C(=O)NN=Cc1cn(-c2ccccc2)nc1-c1ccccc1. The van der Waals surface area contributed by atoms with Gasteiger partial charge < -0.3 is 4.74 Å². The van der Waals surface area contributed by atoms with E-state index < -0.39 is 12.0 Å². The molecule has 1 amide bonds. The second kappa shape index (κ2) is 10.2. The highest BCUT2D eigenvalue weighted by atomic mass is 16.5. The molecular weight excluding hydrogens is 452 g/mol. The number of aryl methyl sites for hydroxylation is 1. The van der Waals surface area contributed by atoms with Gasteiger partial charge in [-0.1, -0.05) is 60.7 Å². The van der Waals surface area contributed by atoms with Crippen molar-refractivity contribution in [2.75, 3.05) is 0 Å². The van der Waals surface area contributed by atoms with E-state index in [2.05, 4.69) is 20.5 Å². The van der Waals surface area contributed by atoms with Gasteiger partial charge in [0.15, 0.2) is 6.10 Å².